The molecule has 3 rings (SSSR count). The van der Waals surface area contributed by atoms with Gasteiger partial charge in [0, 0.05) is 32.7 Å². The first-order valence-corrected chi connectivity index (χ1v) is 9.67. The van der Waals surface area contributed by atoms with Crippen LogP contribution in [0.5, 0.6) is 17.2 Å². The molecule has 0 bridgehead atoms. The molecule has 0 unspecified atom stereocenters. The molecular weight excluding hydrogens is 356 g/mol. The maximum Gasteiger partial charge on any atom is 0.260 e. The van der Waals surface area contributed by atoms with Crippen molar-refractivity contribution >= 4 is 5.91 Å². The predicted octanol–water partition coefficient (Wildman–Crippen LogP) is 2.82. The minimum Gasteiger partial charge on any atom is -0.493 e. The van der Waals surface area contributed by atoms with Crippen molar-refractivity contribution in [3.05, 3.63) is 54.1 Å². The van der Waals surface area contributed by atoms with Crippen molar-refractivity contribution in [2.75, 3.05) is 46.5 Å². The normalized spacial score (nSPS) is 14.6. The topological polar surface area (TPSA) is 51.2 Å². The Balaban J connectivity index is 1.47. The molecule has 0 N–H and O–H groups in total. The summed E-state index contributed by atoms with van der Waals surface area (Å²) in [5, 5.41) is 0. The molecule has 28 heavy (non-hydrogen) atoms. The summed E-state index contributed by atoms with van der Waals surface area (Å²) in [6.07, 6.45) is 0. The Morgan fingerprint density at radius 1 is 0.964 bits per heavy atom. The third-order valence-corrected chi connectivity index (χ3v) is 4.76. The molecule has 6 nitrogen and oxygen atoms in total. The summed E-state index contributed by atoms with van der Waals surface area (Å²) in [4.78, 5) is 16.6. The molecule has 0 spiro atoms. The second-order valence-electron chi connectivity index (χ2n) is 6.68. The molecule has 2 aromatic rings. The maximum absolute atomic E-state index is 12.4. The lowest BCUT2D eigenvalue weighted by Crippen LogP contribution is -2.49. The van der Waals surface area contributed by atoms with E-state index in [0.717, 1.165) is 36.9 Å². The Hall–Kier alpha value is -2.73. The molecule has 6 heteroatoms. The second kappa shape index (κ2) is 9.99. The van der Waals surface area contributed by atoms with Crippen molar-refractivity contribution in [2.24, 2.45) is 0 Å². The standard InChI is InChI=1S/C22H28N2O4/c1-3-27-21-15-18(9-10-20(21)26-2)16-23-11-13-24(14-12-23)22(25)17-28-19-7-5-4-6-8-19/h4-10,15H,3,11-14,16-17H2,1-2H3. The molecule has 2 aromatic carbocycles. The number of hydrogen-bond acceptors (Lipinski definition) is 5. The van der Waals surface area contributed by atoms with Gasteiger partial charge < -0.3 is 19.1 Å². The van der Waals surface area contributed by atoms with Crippen molar-refractivity contribution in [1.82, 2.24) is 9.80 Å². The van der Waals surface area contributed by atoms with Gasteiger partial charge in [-0.05, 0) is 36.8 Å². The molecule has 0 atom stereocenters. The van der Waals surface area contributed by atoms with Crippen LogP contribution in [0.1, 0.15) is 12.5 Å². The van der Waals surface area contributed by atoms with Gasteiger partial charge in [-0.3, -0.25) is 9.69 Å². The maximum atomic E-state index is 12.4. The summed E-state index contributed by atoms with van der Waals surface area (Å²) >= 11 is 0. The third-order valence-electron chi connectivity index (χ3n) is 4.76. The average Bonchev–Trinajstić information content (AvgIpc) is 2.74. The van der Waals surface area contributed by atoms with E-state index in [0.29, 0.717) is 19.7 Å². The summed E-state index contributed by atoms with van der Waals surface area (Å²) < 4.78 is 16.6. The Morgan fingerprint density at radius 2 is 1.71 bits per heavy atom. The van der Waals surface area contributed by atoms with E-state index in [1.807, 2.05) is 54.3 Å². The van der Waals surface area contributed by atoms with Crippen LogP contribution >= 0.6 is 0 Å². The monoisotopic (exact) mass is 384 g/mol. The number of para-hydroxylation sites is 1. The molecular formula is C22H28N2O4. The first-order chi connectivity index (χ1) is 13.7. The zero-order chi connectivity index (χ0) is 19.8. The fourth-order valence-corrected chi connectivity index (χ4v) is 3.25. The largest absolute Gasteiger partial charge is 0.493 e. The van der Waals surface area contributed by atoms with Gasteiger partial charge in [0.25, 0.3) is 5.91 Å². The molecule has 0 radical (unpaired) electrons. The molecule has 1 aliphatic rings. The number of piperazine rings is 1. The molecule has 150 valence electrons. The third kappa shape index (κ3) is 5.39. The Bertz CT molecular complexity index is 758. The first-order valence-electron chi connectivity index (χ1n) is 9.67. The minimum atomic E-state index is 0.0339. The van der Waals surface area contributed by atoms with Crippen LogP contribution in [0.3, 0.4) is 0 Å². The number of nitrogens with zero attached hydrogens (tertiary/aromatic N) is 2. The van der Waals surface area contributed by atoms with Crippen LogP contribution in [0.15, 0.2) is 48.5 Å². The minimum absolute atomic E-state index is 0.0339. The fourth-order valence-electron chi connectivity index (χ4n) is 3.25. The Labute approximate surface area is 166 Å². The lowest BCUT2D eigenvalue weighted by Gasteiger charge is -2.34. The number of ether oxygens (including phenoxy) is 3. The van der Waals surface area contributed by atoms with E-state index in [2.05, 4.69) is 11.0 Å². The van der Waals surface area contributed by atoms with E-state index in [-0.39, 0.29) is 12.5 Å². The Kier molecular flexibility index (Phi) is 7.14. The van der Waals surface area contributed by atoms with E-state index >= 15 is 0 Å². The Morgan fingerprint density at radius 3 is 2.39 bits per heavy atom. The number of carbonyl (C=O) groups is 1. The predicted molar refractivity (Wildman–Crippen MR) is 108 cm³/mol. The smallest absolute Gasteiger partial charge is 0.260 e. The number of carbonyl (C=O) groups excluding carboxylic acids is 1. The highest BCUT2D eigenvalue weighted by atomic mass is 16.5. The highest BCUT2D eigenvalue weighted by Crippen LogP contribution is 2.28. The van der Waals surface area contributed by atoms with E-state index in [9.17, 15) is 4.79 Å². The van der Waals surface area contributed by atoms with E-state index in [1.165, 1.54) is 5.56 Å². The quantitative estimate of drug-likeness (QED) is 0.701. The number of rotatable bonds is 8. The molecule has 1 aliphatic heterocycles. The van der Waals surface area contributed by atoms with Gasteiger partial charge in [-0.15, -0.1) is 0 Å². The summed E-state index contributed by atoms with van der Waals surface area (Å²) in [7, 11) is 1.65. The van der Waals surface area contributed by atoms with Crippen LogP contribution in [-0.4, -0.2) is 62.2 Å². The van der Waals surface area contributed by atoms with Crippen LogP contribution in [0.25, 0.3) is 0 Å². The number of methoxy groups -OCH3 is 1. The number of hydrogen-bond donors (Lipinski definition) is 0. The second-order valence-corrected chi connectivity index (χ2v) is 6.68. The van der Waals surface area contributed by atoms with Crippen LogP contribution in [0, 0.1) is 0 Å². The molecule has 1 amide bonds. The van der Waals surface area contributed by atoms with Gasteiger partial charge in [-0.25, -0.2) is 0 Å². The van der Waals surface area contributed by atoms with Crippen molar-refractivity contribution in [3.8, 4) is 17.2 Å². The van der Waals surface area contributed by atoms with Crippen LogP contribution in [0.4, 0.5) is 0 Å². The van der Waals surface area contributed by atoms with E-state index in [4.69, 9.17) is 14.2 Å². The molecule has 0 saturated carbocycles. The highest BCUT2D eigenvalue weighted by Gasteiger charge is 2.21. The molecule has 1 fully saturated rings. The van der Waals surface area contributed by atoms with Gasteiger partial charge in [0.15, 0.2) is 18.1 Å². The van der Waals surface area contributed by atoms with Crippen LogP contribution in [-0.2, 0) is 11.3 Å². The van der Waals surface area contributed by atoms with Gasteiger partial charge in [0.2, 0.25) is 0 Å². The molecule has 0 aromatic heterocycles. The van der Waals surface area contributed by atoms with Crippen molar-refractivity contribution in [3.63, 3.8) is 0 Å². The zero-order valence-corrected chi connectivity index (χ0v) is 16.6. The van der Waals surface area contributed by atoms with Crippen LogP contribution < -0.4 is 14.2 Å². The summed E-state index contributed by atoms with van der Waals surface area (Å²) in [6.45, 7) is 6.58. The molecule has 0 aliphatic carbocycles. The summed E-state index contributed by atoms with van der Waals surface area (Å²) in [5.74, 6) is 2.28. The molecule has 1 heterocycles. The van der Waals surface area contributed by atoms with Gasteiger partial charge in [-0.1, -0.05) is 24.3 Å². The van der Waals surface area contributed by atoms with Crippen LogP contribution in [0.2, 0.25) is 0 Å². The number of amides is 1. The van der Waals surface area contributed by atoms with Crippen molar-refractivity contribution in [1.29, 1.82) is 0 Å². The van der Waals surface area contributed by atoms with Gasteiger partial charge >= 0.3 is 0 Å². The van der Waals surface area contributed by atoms with Gasteiger partial charge in [0.1, 0.15) is 5.75 Å². The molecule has 1 saturated heterocycles. The van der Waals surface area contributed by atoms with E-state index < -0.39 is 0 Å². The zero-order valence-electron chi connectivity index (χ0n) is 16.6. The highest BCUT2D eigenvalue weighted by molar-refractivity contribution is 5.77. The lowest BCUT2D eigenvalue weighted by molar-refractivity contribution is -0.135. The fraction of sp³-hybridized carbons (Fsp3) is 0.409. The average molecular weight is 384 g/mol. The first kappa shape index (κ1) is 20.0. The van der Waals surface area contributed by atoms with Crippen molar-refractivity contribution < 1.29 is 19.0 Å². The summed E-state index contributed by atoms with van der Waals surface area (Å²) in [6, 6.07) is 15.5. The summed E-state index contributed by atoms with van der Waals surface area (Å²) in [5.41, 5.74) is 1.18. The van der Waals surface area contributed by atoms with Gasteiger partial charge in [-0.2, -0.15) is 0 Å². The SMILES string of the molecule is CCOc1cc(CN2CCN(C(=O)COc3ccccc3)CC2)ccc1OC. The van der Waals surface area contributed by atoms with Gasteiger partial charge in [0.05, 0.1) is 13.7 Å². The lowest BCUT2D eigenvalue weighted by atomic mass is 10.1. The van der Waals surface area contributed by atoms with Crippen molar-refractivity contribution in [2.45, 2.75) is 13.5 Å². The van der Waals surface area contributed by atoms with E-state index in [1.54, 1.807) is 7.11 Å². The number of benzene rings is 2.